The van der Waals surface area contributed by atoms with Gasteiger partial charge in [0.15, 0.2) is 0 Å². The average molecular weight is 227 g/mol. The molecule has 88 valence electrons. The molecule has 0 aliphatic heterocycles. The topological polar surface area (TPSA) is 50.9 Å². The predicted octanol–water partition coefficient (Wildman–Crippen LogP) is 3.20. The Balaban J connectivity index is 2.35. The van der Waals surface area contributed by atoms with Crippen molar-refractivity contribution in [1.82, 2.24) is 4.98 Å². The summed E-state index contributed by atoms with van der Waals surface area (Å²) in [5, 5.41) is 5.48. The van der Waals surface area contributed by atoms with Crippen LogP contribution < -0.4 is 11.1 Å². The van der Waals surface area contributed by atoms with Gasteiger partial charge in [0.25, 0.3) is 0 Å². The summed E-state index contributed by atoms with van der Waals surface area (Å²) in [6, 6.07) is 5.86. The van der Waals surface area contributed by atoms with Crippen LogP contribution in [-0.2, 0) is 0 Å². The van der Waals surface area contributed by atoms with Crippen molar-refractivity contribution in [1.29, 1.82) is 0 Å². The van der Waals surface area contributed by atoms with Crippen LogP contribution >= 0.6 is 0 Å². The molecule has 1 heterocycles. The van der Waals surface area contributed by atoms with Gasteiger partial charge in [0, 0.05) is 41.1 Å². The number of hydrogen-bond donors (Lipinski definition) is 2. The number of aromatic nitrogens is 1. The van der Waals surface area contributed by atoms with E-state index in [0.717, 1.165) is 28.7 Å². The monoisotopic (exact) mass is 227 g/mol. The van der Waals surface area contributed by atoms with Crippen molar-refractivity contribution in [3.05, 3.63) is 42.2 Å². The molecule has 0 radical (unpaired) electrons. The molecule has 17 heavy (non-hydrogen) atoms. The van der Waals surface area contributed by atoms with Gasteiger partial charge >= 0.3 is 0 Å². The number of pyridine rings is 1. The fourth-order valence-electron chi connectivity index (χ4n) is 1.73. The van der Waals surface area contributed by atoms with Crippen LogP contribution in [-0.4, -0.2) is 11.5 Å². The Kier molecular flexibility index (Phi) is 3.28. The number of hydrogen-bond acceptors (Lipinski definition) is 3. The minimum absolute atomic E-state index is 0.787. The summed E-state index contributed by atoms with van der Waals surface area (Å²) < 4.78 is 0. The Morgan fingerprint density at radius 2 is 2.12 bits per heavy atom. The van der Waals surface area contributed by atoms with Gasteiger partial charge in [-0.1, -0.05) is 11.6 Å². The van der Waals surface area contributed by atoms with Gasteiger partial charge in [-0.25, -0.2) is 0 Å². The lowest BCUT2D eigenvalue weighted by atomic mass is 10.1. The zero-order valence-corrected chi connectivity index (χ0v) is 10.2. The third-order valence-corrected chi connectivity index (χ3v) is 2.65. The van der Waals surface area contributed by atoms with Crippen LogP contribution in [0.5, 0.6) is 0 Å². The maximum absolute atomic E-state index is 5.93. The fourth-order valence-corrected chi connectivity index (χ4v) is 1.73. The molecular formula is C14H17N3. The van der Waals surface area contributed by atoms with Crippen LogP contribution in [0.25, 0.3) is 10.8 Å². The largest absolute Gasteiger partial charge is 0.398 e. The Morgan fingerprint density at radius 1 is 1.29 bits per heavy atom. The number of fused-ring (bicyclic) bond motifs is 1. The van der Waals surface area contributed by atoms with E-state index < -0.39 is 0 Å². The van der Waals surface area contributed by atoms with Crippen molar-refractivity contribution in [2.24, 2.45) is 0 Å². The highest BCUT2D eigenvalue weighted by Gasteiger charge is 2.02. The second-order valence-corrected chi connectivity index (χ2v) is 4.29. The highest BCUT2D eigenvalue weighted by atomic mass is 14.9. The second-order valence-electron chi connectivity index (χ2n) is 4.29. The third kappa shape index (κ3) is 2.56. The van der Waals surface area contributed by atoms with Gasteiger partial charge < -0.3 is 11.1 Å². The highest BCUT2D eigenvalue weighted by Crippen LogP contribution is 2.27. The smallest absolute Gasteiger partial charge is 0.0439 e. The van der Waals surface area contributed by atoms with Crippen LogP contribution in [0.2, 0.25) is 0 Å². The molecule has 2 rings (SSSR count). The number of rotatable bonds is 3. The number of anilines is 2. The molecule has 3 heteroatoms. The van der Waals surface area contributed by atoms with Crippen LogP contribution in [0, 0.1) is 0 Å². The normalized spacial score (nSPS) is 10.2. The molecule has 0 unspecified atom stereocenters. The molecule has 1 aromatic heterocycles. The average Bonchev–Trinajstić information content (AvgIpc) is 2.32. The van der Waals surface area contributed by atoms with E-state index in [2.05, 4.69) is 30.2 Å². The van der Waals surface area contributed by atoms with E-state index >= 15 is 0 Å². The molecule has 0 bridgehead atoms. The van der Waals surface area contributed by atoms with Crippen LogP contribution in [0.3, 0.4) is 0 Å². The molecule has 0 aliphatic rings. The molecule has 0 saturated heterocycles. The fraction of sp³-hybridized carbons (Fsp3) is 0.214. The van der Waals surface area contributed by atoms with Gasteiger partial charge in [-0.3, -0.25) is 4.98 Å². The SMILES string of the molecule is CC(C)=CCNc1ccc(N)c2ccncc12. The Morgan fingerprint density at radius 3 is 2.88 bits per heavy atom. The highest BCUT2D eigenvalue weighted by molar-refractivity contribution is 6.00. The molecule has 2 aromatic rings. The lowest BCUT2D eigenvalue weighted by molar-refractivity contribution is 1.27. The van der Waals surface area contributed by atoms with Crippen molar-refractivity contribution in [2.75, 3.05) is 17.6 Å². The molecule has 3 nitrogen and oxygen atoms in total. The zero-order chi connectivity index (χ0) is 12.3. The lowest BCUT2D eigenvalue weighted by Gasteiger charge is -2.09. The second kappa shape index (κ2) is 4.87. The van der Waals surface area contributed by atoms with E-state index in [1.54, 1.807) is 6.20 Å². The van der Waals surface area contributed by atoms with E-state index in [-0.39, 0.29) is 0 Å². The zero-order valence-electron chi connectivity index (χ0n) is 10.2. The summed E-state index contributed by atoms with van der Waals surface area (Å²) in [5.41, 5.74) is 9.09. The predicted molar refractivity (Wildman–Crippen MR) is 74.1 cm³/mol. The number of nitrogen functional groups attached to an aromatic ring is 1. The van der Waals surface area contributed by atoms with Gasteiger partial charge in [0.05, 0.1) is 0 Å². The van der Waals surface area contributed by atoms with Gasteiger partial charge in [-0.2, -0.15) is 0 Å². The first kappa shape index (κ1) is 11.5. The van der Waals surface area contributed by atoms with E-state index in [9.17, 15) is 0 Å². The first-order valence-corrected chi connectivity index (χ1v) is 5.68. The van der Waals surface area contributed by atoms with Gasteiger partial charge in [-0.05, 0) is 32.0 Å². The minimum Gasteiger partial charge on any atom is -0.398 e. The van der Waals surface area contributed by atoms with Crippen LogP contribution in [0.4, 0.5) is 11.4 Å². The van der Waals surface area contributed by atoms with Gasteiger partial charge in [0.1, 0.15) is 0 Å². The number of benzene rings is 1. The quantitative estimate of drug-likeness (QED) is 0.625. The van der Waals surface area contributed by atoms with Crippen LogP contribution in [0.1, 0.15) is 13.8 Å². The molecule has 0 amide bonds. The molecule has 0 saturated carbocycles. The molecule has 0 atom stereocenters. The number of nitrogens with zero attached hydrogens (tertiary/aromatic N) is 1. The van der Waals surface area contributed by atoms with E-state index in [0.29, 0.717) is 0 Å². The van der Waals surface area contributed by atoms with Gasteiger partial charge in [-0.15, -0.1) is 0 Å². The maximum atomic E-state index is 5.93. The standard InChI is InChI=1S/C14H17N3/c1-10(2)5-8-17-14-4-3-13(15)11-6-7-16-9-12(11)14/h3-7,9,17H,8,15H2,1-2H3. The molecule has 0 aliphatic carbocycles. The van der Waals surface area contributed by atoms with Crippen LogP contribution in [0.15, 0.2) is 42.2 Å². The summed E-state index contributed by atoms with van der Waals surface area (Å²) in [6.45, 7) is 4.99. The summed E-state index contributed by atoms with van der Waals surface area (Å²) in [7, 11) is 0. The van der Waals surface area contributed by atoms with Crippen molar-refractivity contribution < 1.29 is 0 Å². The summed E-state index contributed by atoms with van der Waals surface area (Å²) in [6.07, 6.45) is 5.76. The number of nitrogens with two attached hydrogens (primary N) is 1. The Bertz CT molecular complexity index is 554. The van der Waals surface area contributed by atoms with Crippen molar-refractivity contribution in [2.45, 2.75) is 13.8 Å². The molecule has 1 aromatic carbocycles. The minimum atomic E-state index is 0.787. The summed E-state index contributed by atoms with van der Waals surface area (Å²) in [4.78, 5) is 4.15. The van der Waals surface area contributed by atoms with E-state index in [1.165, 1.54) is 5.57 Å². The number of allylic oxidation sites excluding steroid dienone is 1. The van der Waals surface area contributed by atoms with E-state index in [4.69, 9.17) is 5.73 Å². The lowest BCUT2D eigenvalue weighted by Crippen LogP contribution is -2.00. The first-order valence-electron chi connectivity index (χ1n) is 5.68. The Hall–Kier alpha value is -2.03. The molecule has 3 N–H and O–H groups in total. The molecule has 0 fully saturated rings. The van der Waals surface area contributed by atoms with E-state index in [1.807, 2.05) is 24.4 Å². The summed E-state index contributed by atoms with van der Waals surface area (Å²) >= 11 is 0. The summed E-state index contributed by atoms with van der Waals surface area (Å²) in [5.74, 6) is 0. The third-order valence-electron chi connectivity index (χ3n) is 2.65. The Labute approximate surface area is 101 Å². The van der Waals surface area contributed by atoms with Crippen molar-refractivity contribution in [3.63, 3.8) is 0 Å². The number of nitrogens with one attached hydrogen (secondary N) is 1. The van der Waals surface area contributed by atoms with Crippen molar-refractivity contribution >= 4 is 22.1 Å². The van der Waals surface area contributed by atoms with Crippen molar-refractivity contribution in [3.8, 4) is 0 Å². The molecule has 0 spiro atoms. The van der Waals surface area contributed by atoms with Gasteiger partial charge in [0.2, 0.25) is 0 Å². The maximum Gasteiger partial charge on any atom is 0.0439 e. The first-order chi connectivity index (χ1) is 8.18. The molecular weight excluding hydrogens is 210 g/mol.